The molecular formula is C10H18N2O3. The summed E-state index contributed by atoms with van der Waals surface area (Å²) < 4.78 is 5.16. The molecule has 1 aliphatic rings. The topological polar surface area (TPSA) is 73.6 Å². The summed E-state index contributed by atoms with van der Waals surface area (Å²) in [5.74, 6) is -0.745. The van der Waals surface area contributed by atoms with Crippen molar-refractivity contribution in [1.29, 1.82) is 5.26 Å². The van der Waals surface area contributed by atoms with E-state index >= 15 is 0 Å². The number of carboxylic acids is 1. The molecule has 86 valence electrons. The maximum absolute atomic E-state index is 9.37. The molecule has 0 spiro atoms. The molecule has 5 heteroatoms. The second-order valence-corrected chi connectivity index (χ2v) is 3.11. The zero-order valence-electron chi connectivity index (χ0n) is 9.11. The number of carboxylic acid groups (broad SMARTS) is 1. The molecule has 1 heterocycles. The van der Waals surface area contributed by atoms with Crippen LogP contribution in [-0.2, 0) is 9.53 Å². The molecule has 0 aromatic rings. The minimum atomic E-state index is -0.745. The quantitative estimate of drug-likeness (QED) is 0.749. The molecule has 0 aromatic carbocycles. The smallest absolute Gasteiger partial charge is 0.303 e. The van der Waals surface area contributed by atoms with Gasteiger partial charge in [-0.3, -0.25) is 9.69 Å². The van der Waals surface area contributed by atoms with Crippen LogP contribution in [0.3, 0.4) is 0 Å². The summed E-state index contributed by atoms with van der Waals surface area (Å²) in [6.45, 7) is 6.13. The summed E-state index contributed by atoms with van der Waals surface area (Å²) in [4.78, 5) is 11.6. The number of morpholine rings is 1. The number of hydrogen-bond acceptors (Lipinski definition) is 4. The third kappa shape index (κ3) is 9.19. The van der Waals surface area contributed by atoms with Crippen LogP contribution in [0.2, 0.25) is 0 Å². The largest absolute Gasteiger partial charge is 0.481 e. The minimum Gasteiger partial charge on any atom is -0.481 e. The van der Waals surface area contributed by atoms with E-state index in [1.54, 1.807) is 6.92 Å². The second-order valence-electron chi connectivity index (χ2n) is 3.11. The number of carbonyl (C=O) groups is 1. The fraction of sp³-hybridized carbons (Fsp3) is 0.800. The molecule has 0 amide bonds. The Kier molecular flexibility index (Phi) is 8.73. The lowest BCUT2D eigenvalue weighted by Crippen LogP contribution is -2.36. The van der Waals surface area contributed by atoms with Crippen molar-refractivity contribution in [3.8, 4) is 6.07 Å². The van der Waals surface area contributed by atoms with Gasteiger partial charge in [0.1, 0.15) is 0 Å². The van der Waals surface area contributed by atoms with Gasteiger partial charge >= 0.3 is 5.97 Å². The van der Waals surface area contributed by atoms with Crippen molar-refractivity contribution in [2.45, 2.75) is 19.8 Å². The molecular weight excluding hydrogens is 196 g/mol. The fourth-order valence-corrected chi connectivity index (χ4v) is 1.03. The zero-order chi connectivity index (χ0) is 11.5. The first-order valence-corrected chi connectivity index (χ1v) is 5.09. The van der Waals surface area contributed by atoms with Gasteiger partial charge in [0.15, 0.2) is 0 Å². The molecule has 15 heavy (non-hydrogen) atoms. The summed E-state index contributed by atoms with van der Waals surface area (Å²) in [6.07, 6.45) is 0.861. The Bertz CT molecular complexity index is 207. The van der Waals surface area contributed by atoms with Gasteiger partial charge in [0.2, 0.25) is 0 Å². The van der Waals surface area contributed by atoms with Crippen LogP contribution in [0.4, 0.5) is 0 Å². The zero-order valence-corrected chi connectivity index (χ0v) is 9.11. The van der Waals surface area contributed by atoms with E-state index in [2.05, 4.69) is 11.0 Å². The molecule has 0 radical (unpaired) electrons. The van der Waals surface area contributed by atoms with Gasteiger partial charge in [-0.25, -0.2) is 0 Å². The third-order valence-electron chi connectivity index (χ3n) is 1.95. The Hall–Kier alpha value is -1.12. The number of hydrogen-bond donors (Lipinski definition) is 1. The second kappa shape index (κ2) is 9.44. The first-order valence-electron chi connectivity index (χ1n) is 5.09. The van der Waals surface area contributed by atoms with Gasteiger partial charge in [-0.05, 0) is 0 Å². The SMILES string of the molecule is CCC(=O)O.N#CCCN1CCOCC1. The molecule has 0 aliphatic carbocycles. The minimum absolute atomic E-state index is 0.222. The molecule has 0 aromatic heterocycles. The number of ether oxygens (including phenoxy) is 1. The van der Waals surface area contributed by atoms with E-state index in [0.29, 0.717) is 6.42 Å². The highest BCUT2D eigenvalue weighted by atomic mass is 16.5. The van der Waals surface area contributed by atoms with Gasteiger partial charge in [-0.15, -0.1) is 0 Å². The Morgan fingerprint density at radius 1 is 1.53 bits per heavy atom. The van der Waals surface area contributed by atoms with E-state index in [1.165, 1.54) is 0 Å². The Balaban J connectivity index is 0.000000336. The van der Waals surface area contributed by atoms with Gasteiger partial charge in [-0.2, -0.15) is 5.26 Å². The van der Waals surface area contributed by atoms with Crippen molar-refractivity contribution in [3.05, 3.63) is 0 Å². The molecule has 1 aliphatic heterocycles. The van der Waals surface area contributed by atoms with Crippen LogP contribution in [0.5, 0.6) is 0 Å². The molecule has 0 bridgehead atoms. The maximum Gasteiger partial charge on any atom is 0.303 e. The summed E-state index contributed by atoms with van der Waals surface area (Å²) in [5.41, 5.74) is 0. The van der Waals surface area contributed by atoms with Crippen LogP contribution >= 0.6 is 0 Å². The highest BCUT2D eigenvalue weighted by molar-refractivity contribution is 5.66. The summed E-state index contributed by atoms with van der Waals surface area (Å²) in [6, 6.07) is 2.13. The van der Waals surface area contributed by atoms with Crippen molar-refractivity contribution in [2.24, 2.45) is 0 Å². The van der Waals surface area contributed by atoms with Crippen LogP contribution in [0.15, 0.2) is 0 Å². The molecule has 0 unspecified atom stereocenters. The first-order chi connectivity index (χ1) is 7.20. The van der Waals surface area contributed by atoms with Crippen molar-refractivity contribution in [1.82, 2.24) is 4.90 Å². The van der Waals surface area contributed by atoms with Crippen LogP contribution in [-0.4, -0.2) is 48.8 Å². The molecule has 1 saturated heterocycles. The van der Waals surface area contributed by atoms with Crippen molar-refractivity contribution >= 4 is 5.97 Å². The van der Waals surface area contributed by atoms with Crippen LogP contribution in [0, 0.1) is 11.3 Å². The predicted octanol–water partition coefficient (Wildman–Crippen LogP) is 0.713. The monoisotopic (exact) mass is 214 g/mol. The average molecular weight is 214 g/mol. The lowest BCUT2D eigenvalue weighted by molar-refractivity contribution is -0.136. The number of nitrogens with zero attached hydrogens (tertiary/aromatic N) is 2. The maximum atomic E-state index is 9.37. The van der Waals surface area contributed by atoms with Gasteiger partial charge in [0.25, 0.3) is 0 Å². The predicted molar refractivity (Wildman–Crippen MR) is 55.4 cm³/mol. The Morgan fingerprint density at radius 3 is 2.47 bits per heavy atom. The Morgan fingerprint density at radius 2 is 2.07 bits per heavy atom. The molecule has 5 nitrogen and oxygen atoms in total. The highest BCUT2D eigenvalue weighted by Crippen LogP contribution is 1.96. The van der Waals surface area contributed by atoms with Gasteiger partial charge in [0, 0.05) is 32.5 Å². The van der Waals surface area contributed by atoms with Gasteiger partial charge in [0.05, 0.1) is 19.3 Å². The third-order valence-corrected chi connectivity index (χ3v) is 1.95. The Labute approximate surface area is 90.2 Å². The van der Waals surface area contributed by atoms with E-state index < -0.39 is 5.97 Å². The molecule has 0 atom stereocenters. The molecule has 1 fully saturated rings. The van der Waals surface area contributed by atoms with E-state index in [9.17, 15) is 4.79 Å². The first kappa shape index (κ1) is 13.9. The summed E-state index contributed by atoms with van der Waals surface area (Å²) >= 11 is 0. The fourth-order valence-electron chi connectivity index (χ4n) is 1.03. The molecule has 1 rings (SSSR count). The van der Waals surface area contributed by atoms with E-state index in [4.69, 9.17) is 15.1 Å². The molecule has 0 saturated carbocycles. The normalized spacial score (nSPS) is 16.0. The van der Waals surface area contributed by atoms with Crippen molar-refractivity contribution < 1.29 is 14.6 Å². The van der Waals surface area contributed by atoms with Gasteiger partial charge < -0.3 is 9.84 Å². The van der Waals surface area contributed by atoms with E-state index in [0.717, 1.165) is 32.8 Å². The lowest BCUT2D eigenvalue weighted by Gasteiger charge is -2.25. The number of nitriles is 1. The molecule has 1 N–H and O–H groups in total. The number of aliphatic carboxylic acids is 1. The highest BCUT2D eigenvalue weighted by Gasteiger charge is 2.08. The standard InChI is InChI=1S/C7H12N2O.C3H6O2/c8-2-1-3-9-4-6-10-7-5-9;1-2-3(4)5/h1,3-7H2;2H2,1H3,(H,4,5). The lowest BCUT2D eigenvalue weighted by atomic mass is 10.3. The van der Waals surface area contributed by atoms with Crippen molar-refractivity contribution in [2.75, 3.05) is 32.8 Å². The van der Waals surface area contributed by atoms with Crippen molar-refractivity contribution in [3.63, 3.8) is 0 Å². The summed E-state index contributed by atoms with van der Waals surface area (Å²) in [7, 11) is 0. The van der Waals surface area contributed by atoms with Crippen LogP contribution in [0.1, 0.15) is 19.8 Å². The number of rotatable bonds is 3. The van der Waals surface area contributed by atoms with E-state index in [-0.39, 0.29) is 6.42 Å². The van der Waals surface area contributed by atoms with E-state index in [1.807, 2.05) is 0 Å². The average Bonchev–Trinajstić information content (AvgIpc) is 2.28. The summed E-state index contributed by atoms with van der Waals surface area (Å²) in [5, 5.41) is 16.0. The van der Waals surface area contributed by atoms with Crippen LogP contribution < -0.4 is 0 Å². The van der Waals surface area contributed by atoms with Crippen LogP contribution in [0.25, 0.3) is 0 Å². The van der Waals surface area contributed by atoms with Gasteiger partial charge in [-0.1, -0.05) is 6.92 Å².